The number of halogens is 1. The molecule has 1 saturated carbocycles. The lowest BCUT2D eigenvalue weighted by atomic mass is 9.81. The first-order chi connectivity index (χ1) is 10.1. The van der Waals surface area contributed by atoms with Gasteiger partial charge in [-0.3, -0.25) is 0 Å². The smallest absolute Gasteiger partial charge is 0.231 e. The molecular weight excluding hydrogens is 286 g/mol. The Labute approximate surface area is 132 Å². The molecule has 0 bridgehead atoms. The Bertz CT molecular complexity index is 504. The summed E-state index contributed by atoms with van der Waals surface area (Å²) in [6.07, 6.45) is 6.46. The average molecular weight is 310 g/mol. The summed E-state index contributed by atoms with van der Waals surface area (Å²) in [5.74, 6) is 3.15. The molecule has 0 amide bonds. The van der Waals surface area contributed by atoms with E-state index < -0.39 is 0 Å². The van der Waals surface area contributed by atoms with Crippen LogP contribution in [0.15, 0.2) is 12.1 Å². The molecule has 2 atom stereocenters. The summed E-state index contributed by atoms with van der Waals surface area (Å²) in [7, 11) is 0. The van der Waals surface area contributed by atoms with Gasteiger partial charge >= 0.3 is 0 Å². The monoisotopic (exact) mass is 309 g/mol. The maximum Gasteiger partial charge on any atom is 0.231 e. The van der Waals surface area contributed by atoms with E-state index in [9.17, 15) is 0 Å². The highest BCUT2D eigenvalue weighted by Gasteiger charge is 2.24. The Hall–Kier alpha value is -1.09. The van der Waals surface area contributed by atoms with Crippen LogP contribution in [0.5, 0.6) is 11.5 Å². The van der Waals surface area contributed by atoms with Crippen LogP contribution < -0.4 is 14.8 Å². The quantitative estimate of drug-likeness (QED) is 0.840. The van der Waals surface area contributed by atoms with Crippen molar-refractivity contribution >= 4 is 17.3 Å². The molecule has 116 valence electrons. The van der Waals surface area contributed by atoms with Crippen LogP contribution in [0.4, 0.5) is 5.69 Å². The van der Waals surface area contributed by atoms with E-state index in [-0.39, 0.29) is 6.79 Å². The largest absolute Gasteiger partial charge is 0.454 e. The third-order valence-electron chi connectivity index (χ3n) is 4.41. The fraction of sp³-hybridized carbons (Fsp3) is 0.647. The van der Waals surface area contributed by atoms with E-state index >= 15 is 0 Å². The molecule has 3 rings (SSSR count). The first-order valence-electron chi connectivity index (χ1n) is 7.97. The second kappa shape index (κ2) is 6.35. The van der Waals surface area contributed by atoms with Crippen LogP contribution in [-0.2, 0) is 0 Å². The van der Waals surface area contributed by atoms with E-state index in [0.717, 1.165) is 29.0 Å². The summed E-state index contributed by atoms with van der Waals surface area (Å²) in [5, 5.41) is 4.33. The Morgan fingerprint density at radius 2 is 2.00 bits per heavy atom. The molecule has 0 spiro atoms. The van der Waals surface area contributed by atoms with Crippen molar-refractivity contribution in [2.24, 2.45) is 11.8 Å². The minimum atomic E-state index is 0.287. The summed E-state index contributed by atoms with van der Waals surface area (Å²) in [5.41, 5.74) is 0.969. The topological polar surface area (TPSA) is 30.5 Å². The molecule has 1 aromatic rings. The molecule has 0 saturated heterocycles. The Balaban J connectivity index is 1.66. The van der Waals surface area contributed by atoms with Gasteiger partial charge in [-0.2, -0.15) is 0 Å². The second-order valence-electron chi connectivity index (χ2n) is 6.69. The van der Waals surface area contributed by atoms with Gasteiger partial charge in [-0.15, -0.1) is 0 Å². The summed E-state index contributed by atoms with van der Waals surface area (Å²) in [6.45, 7) is 4.91. The number of hydrogen-bond donors (Lipinski definition) is 1. The van der Waals surface area contributed by atoms with Gasteiger partial charge in [0.15, 0.2) is 11.5 Å². The van der Waals surface area contributed by atoms with Crippen molar-refractivity contribution in [2.75, 3.05) is 12.1 Å². The van der Waals surface area contributed by atoms with Crippen LogP contribution in [0.2, 0.25) is 5.02 Å². The third kappa shape index (κ3) is 3.57. The van der Waals surface area contributed by atoms with Gasteiger partial charge in [-0.05, 0) is 31.1 Å². The number of ether oxygens (including phenoxy) is 2. The molecule has 1 N–H and O–H groups in total. The zero-order valence-corrected chi connectivity index (χ0v) is 13.6. The summed E-state index contributed by atoms with van der Waals surface area (Å²) >= 11 is 6.35. The van der Waals surface area contributed by atoms with Crippen LogP contribution >= 0.6 is 11.6 Å². The lowest BCUT2D eigenvalue weighted by Gasteiger charge is -2.31. The minimum absolute atomic E-state index is 0.287. The number of hydrogen-bond acceptors (Lipinski definition) is 3. The van der Waals surface area contributed by atoms with E-state index in [1.54, 1.807) is 0 Å². The van der Waals surface area contributed by atoms with Gasteiger partial charge in [0.25, 0.3) is 0 Å². The van der Waals surface area contributed by atoms with E-state index in [1.165, 1.54) is 32.1 Å². The van der Waals surface area contributed by atoms with Gasteiger partial charge in [-0.25, -0.2) is 0 Å². The zero-order chi connectivity index (χ0) is 14.8. The SMILES string of the molecule is CC(C)CC1CCCC(Nc2cc3c(cc2Cl)OCO3)C1. The Morgan fingerprint density at radius 3 is 2.76 bits per heavy atom. The minimum Gasteiger partial charge on any atom is -0.454 e. The van der Waals surface area contributed by atoms with E-state index in [0.29, 0.717) is 11.1 Å². The molecule has 1 heterocycles. The summed E-state index contributed by atoms with van der Waals surface area (Å²) in [6, 6.07) is 4.33. The van der Waals surface area contributed by atoms with Crippen LogP contribution in [0.3, 0.4) is 0 Å². The summed E-state index contributed by atoms with van der Waals surface area (Å²) in [4.78, 5) is 0. The highest BCUT2D eigenvalue weighted by Crippen LogP contribution is 2.40. The lowest BCUT2D eigenvalue weighted by molar-refractivity contribution is 0.174. The molecule has 2 unspecified atom stereocenters. The Morgan fingerprint density at radius 1 is 1.24 bits per heavy atom. The molecule has 1 aromatic carbocycles. The predicted molar refractivity (Wildman–Crippen MR) is 86.4 cm³/mol. The highest BCUT2D eigenvalue weighted by molar-refractivity contribution is 6.33. The molecule has 0 aromatic heterocycles. The average Bonchev–Trinajstić information content (AvgIpc) is 2.86. The first-order valence-corrected chi connectivity index (χ1v) is 8.35. The third-order valence-corrected chi connectivity index (χ3v) is 4.72. The van der Waals surface area contributed by atoms with E-state index in [2.05, 4.69) is 19.2 Å². The van der Waals surface area contributed by atoms with Crippen LogP contribution in [-0.4, -0.2) is 12.8 Å². The highest BCUT2D eigenvalue weighted by atomic mass is 35.5. The predicted octanol–water partition coefficient (Wildman–Crippen LogP) is 5.09. The van der Waals surface area contributed by atoms with Gasteiger partial charge in [-0.1, -0.05) is 38.3 Å². The van der Waals surface area contributed by atoms with E-state index in [1.807, 2.05) is 12.1 Å². The lowest BCUT2D eigenvalue weighted by Crippen LogP contribution is -2.28. The number of anilines is 1. The van der Waals surface area contributed by atoms with Crippen molar-refractivity contribution in [1.29, 1.82) is 0 Å². The number of nitrogens with one attached hydrogen (secondary N) is 1. The molecule has 1 fully saturated rings. The molecule has 4 heteroatoms. The summed E-state index contributed by atoms with van der Waals surface area (Å²) < 4.78 is 10.8. The van der Waals surface area contributed by atoms with Crippen molar-refractivity contribution in [1.82, 2.24) is 0 Å². The molecule has 0 radical (unpaired) electrons. The maximum absolute atomic E-state index is 6.35. The molecule has 2 aliphatic rings. The van der Waals surface area contributed by atoms with Crippen LogP contribution in [0, 0.1) is 11.8 Å². The molecule has 3 nitrogen and oxygen atoms in total. The van der Waals surface area contributed by atoms with Crippen LogP contribution in [0.25, 0.3) is 0 Å². The molecule has 1 aliphatic heterocycles. The van der Waals surface area contributed by atoms with Gasteiger partial charge in [0.1, 0.15) is 0 Å². The fourth-order valence-electron chi connectivity index (χ4n) is 3.55. The van der Waals surface area contributed by atoms with Crippen molar-refractivity contribution < 1.29 is 9.47 Å². The molecular formula is C17H24ClNO2. The first kappa shape index (κ1) is 14.8. The van der Waals surface area contributed by atoms with Gasteiger partial charge in [0.2, 0.25) is 6.79 Å². The van der Waals surface area contributed by atoms with Crippen molar-refractivity contribution in [2.45, 2.75) is 52.0 Å². The number of benzene rings is 1. The van der Waals surface area contributed by atoms with Crippen molar-refractivity contribution in [3.63, 3.8) is 0 Å². The normalized spacial score (nSPS) is 24.4. The maximum atomic E-state index is 6.35. The van der Waals surface area contributed by atoms with E-state index in [4.69, 9.17) is 21.1 Å². The van der Waals surface area contributed by atoms with Crippen molar-refractivity contribution in [3.8, 4) is 11.5 Å². The van der Waals surface area contributed by atoms with Crippen LogP contribution in [0.1, 0.15) is 46.0 Å². The number of rotatable bonds is 4. The second-order valence-corrected chi connectivity index (χ2v) is 7.10. The van der Waals surface area contributed by atoms with Gasteiger partial charge in [0.05, 0.1) is 10.7 Å². The molecule has 21 heavy (non-hydrogen) atoms. The molecule has 1 aliphatic carbocycles. The Kier molecular flexibility index (Phi) is 4.48. The van der Waals surface area contributed by atoms with Crippen molar-refractivity contribution in [3.05, 3.63) is 17.2 Å². The standard InChI is InChI=1S/C17H24ClNO2/c1-11(2)6-12-4-3-5-13(7-12)19-15-9-17-16(8-14(15)18)20-10-21-17/h8-9,11-13,19H,3-7,10H2,1-2H3. The number of fused-ring (bicyclic) bond motifs is 1. The zero-order valence-electron chi connectivity index (χ0n) is 12.8. The van der Waals surface area contributed by atoms with Gasteiger partial charge < -0.3 is 14.8 Å². The fourth-order valence-corrected chi connectivity index (χ4v) is 3.76. The van der Waals surface area contributed by atoms with Gasteiger partial charge in [0, 0.05) is 18.2 Å².